The molecule has 27 heavy (non-hydrogen) atoms. The van der Waals surface area contributed by atoms with Crippen molar-refractivity contribution in [3.63, 3.8) is 0 Å². The Morgan fingerprint density at radius 2 is 1.81 bits per heavy atom. The van der Waals surface area contributed by atoms with Crippen LogP contribution in [0, 0.1) is 0 Å². The van der Waals surface area contributed by atoms with Crippen molar-refractivity contribution in [2.75, 3.05) is 6.61 Å². The van der Waals surface area contributed by atoms with E-state index in [4.69, 9.17) is 39.5 Å². The number of esters is 1. The van der Waals surface area contributed by atoms with Crippen LogP contribution in [0.15, 0.2) is 53.5 Å². The summed E-state index contributed by atoms with van der Waals surface area (Å²) in [5.41, 5.74) is 0.653. The Kier molecular flexibility index (Phi) is 5.95. The van der Waals surface area contributed by atoms with E-state index in [0.29, 0.717) is 22.3 Å². The summed E-state index contributed by atoms with van der Waals surface area (Å²) >= 11 is 18.3. The van der Waals surface area contributed by atoms with Gasteiger partial charge in [-0.05, 0) is 42.8 Å². The number of carbonyl (C=O) groups excluding carboxylic acids is 1. The second kappa shape index (κ2) is 8.21. The highest BCUT2D eigenvalue weighted by molar-refractivity contribution is 6.35. The fraction of sp³-hybridized carbons (Fsp3) is 0.158. The zero-order chi connectivity index (χ0) is 19.6. The highest BCUT2D eigenvalue weighted by atomic mass is 35.5. The first-order chi connectivity index (χ1) is 12.9. The molecule has 0 aliphatic carbocycles. The van der Waals surface area contributed by atoms with Gasteiger partial charge in [0.2, 0.25) is 0 Å². The van der Waals surface area contributed by atoms with Gasteiger partial charge >= 0.3 is 5.97 Å². The third kappa shape index (κ3) is 4.21. The van der Waals surface area contributed by atoms with Gasteiger partial charge in [-0.25, -0.2) is 9.48 Å². The number of halogens is 3. The number of rotatable bonds is 5. The van der Waals surface area contributed by atoms with Gasteiger partial charge in [-0.3, -0.25) is 9.48 Å². The summed E-state index contributed by atoms with van der Waals surface area (Å²) in [5, 5.41) is 1.30. The van der Waals surface area contributed by atoms with E-state index in [1.54, 1.807) is 35.9 Å². The van der Waals surface area contributed by atoms with Gasteiger partial charge in [0.1, 0.15) is 5.56 Å². The summed E-state index contributed by atoms with van der Waals surface area (Å²) in [7, 11) is 0. The van der Waals surface area contributed by atoms with Crippen LogP contribution < -0.4 is 5.56 Å². The van der Waals surface area contributed by atoms with Crippen LogP contribution in [0.5, 0.6) is 0 Å². The molecule has 0 unspecified atom stereocenters. The number of hydrogen-bond donors (Lipinski definition) is 0. The molecule has 3 aromatic rings. The maximum atomic E-state index is 12.9. The van der Waals surface area contributed by atoms with Crippen molar-refractivity contribution in [1.29, 1.82) is 0 Å². The monoisotopic (exact) mass is 424 g/mol. The molecule has 0 aliphatic rings. The summed E-state index contributed by atoms with van der Waals surface area (Å²) in [4.78, 5) is 25.1. The molecule has 0 fully saturated rings. The molecule has 3 rings (SSSR count). The van der Waals surface area contributed by atoms with E-state index in [2.05, 4.69) is 0 Å². The molecule has 0 spiro atoms. The van der Waals surface area contributed by atoms with Crippen LogP contribution in [0.2, 0.25) is 15.1 Å². The van der Waals surface area contributed by atoms with Crippen molar-refractivity contribution in [2.24, 2.45) is 0 Å². The lowest BCUT2D eigenvalue weighted by Gasteiger charge is -2.13. The van der Waals surface area contributed by atoms with E-state index >= 15 is 0 Å². The van der Waals surface area contributed by atoms with Gasteiger partial charge in [0.05, 0.1) is 23.9 Å². The van der Waals surface area contributed by atoms with Crippen LogP contribution >= 0.6 is 34.8 Å². The average molecular weight is 426 g/mol. The summed E-state index contributed by atoms with van der Waals surface area (Å²) in [6.07, 6.45) is 1.45. The Balaban J connectivity index is 2.17. The molecule has 0 bridgehead atoms. The minimum Gasteiger partial charge on any atom is -0.462 e. The van der Waals surface area contributed by atoms with Gasteiger partial charge in [-0.1, -0.05) is 46.9 Å². The second-order valence-corrected chi connectivity index (χ2v) is 6.98. The second-order valence-electron chi connectivity index (χ2n) is 5.70. The van der Waals surface area contributed by atoms with Crippen molar-refractivity contribution >= 4 is 40.8 Å². The molecular formula is C19H15Cl3N2O3. The molecule has 0 aliphatic heterocycles. The van der Waals surface area contributed by atoms with Crippen molar-refractivity contribution in [2.45, 2.75) is 13.5 Å². The lowest BCUT2D eigenvalue weighted by atomic mass is 10.2. The number of aromatic nitrogens is 2. The lowest BCUT2D eigenvalue weighted by Crippen LogP contribution is -2.25. The molecule has 1 heterocycles. The number of ether oxygens (including phenoxy) is 1. The van der Waals surface area contributed by atoms with E-state index in [9.17, 15) is 9.59 Å². The summed E-state index contributed by atoms with van der Waals surface area (Å²) in [6.45, 7) is 2.14. The fourth-order valence-corrected chi connectivity index (χ4v) is 3.38. The van der Waals surface area contributed by atoms with Gasteiger partial charge in [0, 0.05) is 16.2 Å². The Hall–Kier alpha value is -2.21. The third-order valence-corrected chi connectivity index (χ3v) is 4.60. The molecule has 1 aromatic heterocycles. The summed E-state index contributed by atoms with van der Waals surface area (Å²) in [6, 6.07) is 12.0. The molecule has 2 aromatic carbocycles. The molecule has 0 saturated carbocycles. The molecule has 5 nitrogen and oxygen atoms in total. The number of hydrogen-bond acceptors (Lipinski definition) is 3. The van der Waals surface area contributed by atoms with E-state index in [1.165, 1.54) is 16.9 Å². The summed E-state index contributed by atoms with van der Waals surface area (Å²) in [5.74, 6) is -0.689. The van der Waals surface area contributed by atoms with Crippen molar-refractivity contribution in [1.82, 2.24) is 9.36 Å². The molecule has 8 heteroatoms. The molecule has 0 radical (unpaired) electrons. The first-order valence-electron chi connectivity index (χ1n) is 8.10. The Morgan fingerprint density at radius 1 is 1.07 bits per heavy atom. The summed E-state index contributed by atoms with van der Waals surface area (Å²) < 4.78 is 7.91. The van der Waals surface area contributed by atoms with Crippen LogP contribution in [0.1, 0.15) is 22.8 Å². The van der Waals surface area contributed by atoms with Crippen LogP contribution in [0.4, 0.5) is 0 Å². The topological polar surface area (TPSA) is 53.2 Å². The first kappa shape index (κ1) is 19.5. The number of benzene rings is 2. The van der Waals surface area contributed by atoms with Crippen LogP contribution in [0.25, 0.3) is 5.69 Å². The largest absolute Gasteiger partial charge is 0.462 e. The SMILES string of the molecule is CCOC(=O)c1cn(Cc2cccc(Cl)c2)n(-c2ccc(Cl)cc2Cl)c1=O. The Bertz CT molecular complexity index is 1060. The zero-order valence-corrected chi connectivity index (χ0v) is 16.6. The van der Waals surface area contributed by atoms with Gasteiger partial charge in [-0.15, -0.1) is 0 Å². The average Bonchev–Trinajstić information content (AvgIpc) is 2.92. The standard InChI is InChI=1S/C19H15Cl3N2O3/c1-2-27-19(26)15-11-23(10-12-4-3-5-13(20)8-12)24(18(15)25)17-7-6-14(21)9-16(17)22/h3-9,11H,2,10H2,1H3. The van der Waals surface area contributed by atoms with E-state index in [-0.39, 0.29) is 17.2 Å². The van der Waals surface area contributed by atoms with Crippen LogP contribution in [-0.4, -0.2) is 21.9 Å². The van der Waals surface area contributed by atoms with Gasteiger partial charge in [0.15, 0.2) is 0 Å². The molecule has 0 amide bonds. The molecular weight excluding hydrogens is 411 g/mol. The van der Waals surface area contributed by atoms with Crippen molar-refractivity contribution in [3.05, 3.63) is 85.2 Å². The minimum absolute atomic E-state index is 0.0788. The highest BCUT2D eigenvalue weighted by Crippen LogP contribution is 2.24. The predicted molar refractivity (Wildman–Crippen MR) is 107 cm³/mol. The normalized spacial score (nSPS) is 10.8. The van der Waals surface area contributed by atoms with Gasteiger partial charge in [-0.2, -0.15) is 0 Å². The molecule has 0 N–H and O–H groups in total. The predicted octanol–water partition coefficient (Wildman–Crippen LogP) is 4.82. The minimum atomic E-state index is -0.689. The van der Waals surface area contributed by atoms with E-state index < -0.39 is 11.5 Å². The van der Waals surface area contributed by atoms with Crippen molar-refractivity contribution in [3.8, 4) is 5.69 Å². The van der Waals surface area contributed by atoms with Gasteiger partial charge < -0.3 is 4.74 Å². The Labute approximate surface area is 170 Å². The number of carbonyl (C=O) groups is 1. The number of nitrogens with zero attached hydrogens (tertiary/aromatic N) is 2. The first-order valence-corrected chi connectivity index (χ1v) is 9.23. The maximum absolute atomic E-state index is 12.9. The fourth-order valence-electron chi connectivity index (χ4n) is 2.68. The highest BCUT2D eigenvalue weighted by Gasteiger charge is 2.21. The van der Waals surface area contributed by atoms with E-state index in [0.717, 1.165) is 5.56 Å². The third-order valence-electron chi connectivity index (χ3n) is 3.82. The maximum Gasteiger partial charge on any atom is 0.345 e. The molecule has 0 atom stereocenters. The molecule has 0 saturated heterocycles. The van der Waals surface area contributed by atoms with E-state index in [1.807, 2.05) is 12.1 Å². The van der Waals surface area contributed by atoms with Crippen LogP contribution in [0.3, 0.4) is 0 Å². The van der Waals surface area contributed by atoms with Gasteiger partial charge in [0.25, 0.3) is 5.56 Å². The lowest BCUT2D eigenvalue weighted by molar-refractivity contribution is 0.0524. The van der Waals surface area contributed by atoms with Crippen LogP contribution in [-0.2, 0) is 11.3 Å². The van der Waals surface area contributed by atoms with Crippen molar-refractivity contribution < 1.29 is 9.53 Å². The zero-order valence-electron chi connectivity index (χ0n) is 14.3. The Morgan fingerprint density at radius 3 is 2.48 bits per heavy atom. The smallest absolute Gasteiger partial charge is 0.345 e. The quantitative estimate of drug-likeness (QED) is 0.551. The molecule has 140 valence electrons.